The largest absolute Gasteiger partial charge is 0.363 e. The number of thiazole rings is 1. The average molecular weight is 278 g/mol. The number of hydrogen-bond acceptors (Lipinski definition) is 4. The molecule has 0 saturated carbocycles. The van der Waals surface area contributed by atoms with Crippen LogP contribution in [0.5, 0.6) is 0 Å². The van der Waals surface area contributed by atoms with E-state index in [0.717, 1.165) is 11.3 Å². The van der Waals surface area contributed by atoms with Gasteiger partial charge in [0.2, 0.25) is 0 Å². The van der Waals surface area contributed by atoms with Crippen LogP contribution in [-0.4, -0.2) is 21.9 Å². The summed E-state index contributed by atoms with van der Waals surface area (Å²) < 4.78 is 15.7. The van der Waals surface area contributed by atoms with E-state index < -0.39 is 13.4 Å². The molecule has 0 saturated heterocycles. The molecule has 14 heavy (non-hydrogen) atoms. The lowest BCUT2D eigenvalue weighted by Crippen LogP contribution is -2.00. The van der Waals surface area contributed by atoms with E-state index in [1.807, 2.05) is 0 Å². The summed E-state index contributed by atoms with van der Waals surface area (Å²) in [5, 5.41) is -0.0461. The number of nitrogens with zero attached hydrogens (tertiary/aromatic N) is 1. The molecule has 0 fully saturated rings. The van der Waals surface area contributed by atoms with Crippen molar-refractivity contribution in [3.8, 4) is 0 Å². The van der Waals surface area contributed by atoms with Gasteiger partial charge < -0.3 is 14.5 Å². The van der Waals surface area contributed by atoms with Crippen molar-refractivity contribution < 1.29 is 19.1 Å². The van der Waals surface area contributed by atoms with Gasteiger partial charge in [-0.05, 0) is 0 Å². The standard InChI is InChI=1S/C5H6Cl2NO4PS/c1-12-4(13(9,10)11)2-3(6)8-5(7)14-2/h4H,1H3,(H2,9,10,11). The molecule has 9 heteroatoms. The molecule has 0 aliphatic rings. The van der Waals surface area contributed by atoms with Gasteiger partial charge in [-0.3, -0.25) is 4.57 Å². The Balaban J connectivity index is 3.13. The summed E-state index contributed by atoms with van der Waals surface area (Å²) in [6, 6.07) is 0. The first kappa shape index (κ1) is 12.4. The van der Waals surface area contributed by atoms with Gasteiger partial charge in [0.15, 0.2) is 10.3 Å². The van der Waals surface area contributed by atoms with Crippen LogP contribution < -0.4 is 0 Å². The van der Waals surface area contributed by atoms with Crippen LogP contribution >= 0.6 is 42.1 Å². The third-order valence-electron chi connectivity index (χ3n) is 1.34. The van der Waals surface area contributed by atoms with E-state index in [4.69, 9.17) is 33.0 Å². The summed E-state index contributed by atoms with van der Waals surface area (Å²) in [5.41, 5.74) is 0. The topological polar surface area (TPSA) is 79.7 Å². The van der Waals surface area contributed by atoms with Gasteiger partial charge in [0.05, 0.1) is 4.88 Å². The van der Waals surface area contributed by atoms with Gasteiger partial charge in [-0.25, -0.2) is 4.98 Å². The SMILES string of the molecule is COC(c1sc(Cl)nc1Cl)P(=O)(O)O. The van der Waals surface area contributed by atoms with Crippen molar-refractivity contribution in [3.05, 3.63) is 14.5 Å². The Kier molecular flexibility index (Phi) is 3.94. The molecule has 1 aromatic rings. The van der Waals surface area contributed by atoms with Crippen molar-refractivity contribution in [2.45, 2.75) is 5.85 Å². The second kappa shape index (κ2) is 4.45. The molecule has 0 aliphatic carbocycles. The number of hydrogen-bond donors (Lipinski definition) is 2. The lowest BCUT2D eigenvalue weighted by Gasteiger charge is -2.14. The highest BCUT2D eigenvalue weighted by Gasteiger charge is 2.34. The van der Waals surface area contributed by atoms with E-state index in [0.29, 0.717) is 0 Å². The first-order valence-electron chi connectivity index (χ1n) is 3.26. The zero-order valence-electron chi connectivity index (χ0n) is 6.85. The molecule has 0 amide bonds. The van der Waals surface area contributed by atoms with E-state index in [1.54, 1.807) is 0 Å². The molecule has 1 rings (SSSR count). The van der Waals surface area contributed by atoms with Gasteiger partial charge in [-0.1, -0.05) is 23.2 Å². The Hall–Kier alpha value is 0.320. The van der Waals surface area contributed by atoms with Crippen molar-refractivity contribution in [1.82, 2.24) is 4.98 Å². The minimum Gasteiger partial charge on any atom is -0.363 e. The average Bonchev–Trinajstić information content (AvgIpc) is 2.29. The van der Waals surface area contributed by atoms with E-state index in [1.165, 1.54) is 7.11 Å². The Bertz CT molecular complexity index is 378. The first-order chi connectivity index (χ1) is 6.36. The maximum Gasteiger partial charge on any atom is 0.359 e. The molecule has 0 radical (unpaired) electrons. The van der Waals surface area contributed by atoms with Crippen LogP contribution in [0.3, 0.4) is 0 Å². The summed E-state index contributed by atoms with van der Waals surface area (Å²) in [4.78, 5) is 21.6. The van der Waals surface area contributed by atoms with Crippen molar-refractivity contribution >= 4 is 42.1 Å². The maximum atomic E-state index is 11.0. The summed E-state index contributed by atoms with van der Waals surface area (Å²) in [6.07, 6.45) is 0. The molecule has 1 aromatic heterocycles. The fourth-order valence-corrected chi connectivity index (χ4v) is 3.56. The molecule has 0 aliphatic heterocycles. The predicted octanol–water partition coefficient (Wildman–Crippen LogP) is 2.27. The van der Waals surface area contributed by atoms with Crippen molar-refractivity contribution in [2.24, 2.45) is 0 Å². The summed E-state index contributed by atoms with van der Waals surface area (Å²) >= 11 is 12.0. The zero-order valence-corrected chi connectivity index (χ0v) is 10.1. The molecule has 1 unspecified atom stereocenters. The highest BCUT2D eigenvalue weighted by atomic mass is 35.5. The third kappa shape index (κ3) is 2.67. The second-order valence-electron chi connectivity index (χ2n) is 2.30. The van der Waals surface area contributed by atoms with Crippen molar-refractivity contribution in [3.63, 3.8) is 0 Å². The molecule has 0 spiro atoms. The van der Waals surface area contributed by atoms with Gasteiger partial charge in [0.25, 0.3) is 0 Å². The summed E-state index contributed by atoms with van der Waals surface area (Å²) in [5.74, 6) is -1.40. The molecule has 1 heterocycles. The van der Waals surface area contributed by atoms with Crippen LogP contribution in [0.4, 0.5) is 0 Å². The Labute approximate surface area is 93.8 Å². The van der Waals surface area contributed by atoms with Gasteiger partial charge in [-0.15, -0.1) is 11.3 Å². The maximum absolute atomic E-state index is 11.0. The predicted molar refractivity (Wildman–Crippen MR) is 53.9 cm³/mol. The number of methoxy groups -OCH3 is 1. The molecule has 1 atom stereocenters. The lowest BCUT2D eigenvalue weighted by molar-refractivity contribution is 0.140. The summed E-state index contributed by atoms with van der Waals surface area (Å²) in [6.45, 7) is 0. The van der Waals surface area contributed by atoms with Crippen LogP contribution in [0.25, 0.3) is 0 Å². The number of ether oxygens (including phenoxy) is 1. The Morgan fingerprint density at radius 1 is 1.57 bits per heavy atom. The first-order valence-corrected chi connectivity index (χ1v) is 6.51. The van der Waals surface area contributed by atoms with Crippen LogP contribution in [-0.2, 0) is 9.30 Å². The monoisotopic (exact) mass is 277 g/mol. The highest BCUT2D eigenvalue weighted by molar-refractivity contribution is 7.52. The van der Waals surface area contributed by atoms with Gasteiger partial charge >= 0.3 is 7.60 Å². The number of halogens is 2. The van der Waals surface area contributed by atoms with E-state index >= 15 is 0 Å². The van der Waals surface area contributed by atoms with E-state index in [-0.39, 0.29) is 14.5 Å². The molecule has 5 nitrogen and oxygen atoms in total. The van der Waals surface area contributed by atoms with E-state index in [2.05, 4.69) is 9.72 Å². The van der Waals surface area contributed by atoms with Gasteiger partial charge in [-0.2, -0.15) is 0 Å². The molecule has 0 aromatic carbocycles. The number of aromatic nitrogens is 1. The molecule has 2 N–H and O–H groups in total. The van der Waals surface area contributed by atoms with Crippen LogP contribution in [0.1, 0.15) is 10.7 Å². The minimum absolute atomic E-state index is 0.0461. The van der Waals surface area contributed by atoms with Crippen molar-refractivity contribution in [2.75, 3.05) is 7.11 Å². The molecule has 0 bridgehead atoms. The van der Waals surface area contributed by atoms with Crippen molar-refractivity contribution in [1.29, 1.82) is 0 Å². The molecular formula is C5H6Cl2NO4PS. The smallest absolute Gasteiger partial charge is 0.359 e. The number of rotatable bonds is 3. The Morgan fingerprint density at radius 2 is 2.14 bits per heavy atom. The normalized spacial score (nSPS) is 14.4. The Morgan fingerprint density at radius 3 is 2.43 bits per heavy atom. The van der Waals surface area contributed by atoms with Gasteiger partial charge in [0.1, 0.15) is 5.15 Å². The molecular weight excluding hydrogens is 272 g/mol. The fourth-order valence-electron chi connectivity index (χ4n) is 0.837. The van der Waals surface area contributed by atoms with Crippen LogP contribution in [0.15, 0.2) is 0 Å². The third-order valence-corrected chi connectivity index (χ3v) is 4.19. The highest BCUT2D eigenvalue weighted by Crippen LogP contribution is 2.55. The van der Waals surface area contributed by atoms with Crippen LogP contribution in [0, 0.1) is 0 Å². The summed E-state index contributed by atoms with van der Waals surface area (Å²) in [7, 11) is -3.23. The van der Waals surface area contributed by atoms with Gasteiger partial charge in [0, 0.05) is 7.11 Å². The lowest BCUT2D eigenvalue weighted by atomic mass is 10.6. The van der Waals surface area contributed by atoms with Crippen LogP contribution in [0.2, 0.25) is 9.62 Å². The zero-order chi connectivity index (χ0) is 10.9. The molecule has 80 valence electrons. The van der Waals surface area contributed by atoms with E-state index in [9.17, 15) is 4.57 Å². The quantitative estimate of drug-likeness (QED) is 0.829. The minimum atomic E-state index is -4.41. The fraction of sp³-hybridized carbons (Fsp3) is 0.400. The second-order valence-corrected chi connectivity index (χ2v) is 5.92.